The van der Waals surface area contributed by atoms with Gasteiger partial charge in [0.2, 0.25) is 0 Å². The van der Waals surface area contributed by atoms with Gasteiger partial charge in [0.1, 0.15) is 5.76 Å². The van der Waals surface area contributed by atoms with Crippen LogP contribution in [0, 0.1) is 0 Å². The third-order valence-corrected chi connectivity index (χ3v) is 3.21. The fraction of sp³-hybridized carbons (Fsp3) is 0.455. The molecule has 1 N–H and O–H groups in total. The summed E-state index contributed by atoms with van der Waals surface area (Å²) in [5.41, 5.74) is 0.879. The van der Waals surface area contributed by atoms with E-state index in [4.69, 9.17) is 4.42 Å². The Kier molecular flexibility index (Phi) is 3.36. The molecule has 1 unspecified atom stereocenters. The molecule has 0 radical (unpaired) electrons. The molecule has 2 heterocycles. The summed E-state index contributed by atoms with van der Waals surface area (Å²) in [6.07, 6.45) is 1.50. The van der Waals surface area contributed by atoms with Gasteiger partial charge >= 0.3 is 0 Å². The van der Waals surface area contributed by atoms with Crippen LogP contribution in [0.3, 0.4) is 0 Å². The summed E-state index contributed by atoms with van der Waals surface area (Å²) in [4.78, 5) is 0.839. The van der Waals surface area contributed by atoms with Crippen LogP contribution in [-0.4, -0.2) is 14.7 Å². The van der Waals surface area contributed by atoms with E-state index in [1.54, 1.807) is 6.26 Å². The lowest BCUT2D eigenvalue weighted by molar-refractivity contribution is 0.172. The fourth-order valence-corrected chi connectivity index (χ4v) is 2.34. The molecular weight excluding hydrogens is 224 g/mol. The number of aromatic nitrogens is 2. The van der Waals surface area contributed by atoms with Crippen LogP contribution in [0.1, 0.15) is 42.2 Å². The predicted molar refractivity (Wildman–Crippen MR) is 61.4 cm³/mol. The van der Waals surface area contributed by atoms with Gasteiger partial charge < -0.3 is 9.52 Å². The van der Waals surface area contributed by atoms with Crippen molar-refractivity contribution in [2.75, 3.05) is 0 Å². The predicted octanol–water partition coefficient (Wildman–Crippen LogP) is 2.53. The topological polar surface area (TPSA) is 59.2 Å². The summed E-state index contributed by atoms with van der Waals surface area (Å²) >= 11 is 1.26. The average Bonchev–Trinajstić information content (AvgIpc) is 2.86. The maximum atomic E-state index is 10.1. The summed E-state index contributed by atoms with van der Waals surface area (Å²) in [7, 11) is 0. The van der Waals surface area contributed by atoms with Crippen molar-refractivity contribution in [3.8, 4) is 0 Å². The third-order valence-electron chi connectivity index (χ3n) is 2.36. The number of hydrogen-bond acceptors (Lipinski definition) is 5. The molecule has 0 spiro atoms. The minimum Gasteiger partial charge on any atom is -0.469 e. The lowest BCUT2D eigenvalue weighted by Crippen LogP contribution is -2.03. The van der Waals surface area contributed by atoms with E-state index < -0.39 is 6.10 Å². The minimum absolute atomic E-state index is 0.278. The van der Waals surface area contributed by atoms with Crippen molar-refractivity contribution in [1.82, 2.24) is 9.59 Å². The summed E-state index contributed by atoms with van der Waals surface area (Å²) in [5.74, 6) is 1.05. The van der Waals surface area contributed by atoms with E-state index in [1.165, 1.54) is 11.5 Å². The van der Waals surface area contributed by atoms with Crippen LogP contribution >= 0.6 is 11.5 Å². The zero-order valence-corrected chi connectivity index (χ0v) is 10.1. The molecule has 0 amide bonds. The standard InChI is InChI=1S/C11H14N2O2S/c1-7(2)10-11(16-13-12-10)9(14)6-8-4-3-5-15-8/h3-5,7,9,14H,6H2,1-2H3. The summed E-state index contributed by atoms with van der Waals surface area (Å²) < 4.78 is 9.10. The highest BCUT2D eigenvalue weighted by atomic mass is 32.1. The summed E-state index contributed by atoms with van der Waals surface area (Å²) in [5, 5.41) is 14.1. The highest BCUT2D eigenvalue weighted by Gasteiger charge is 2.20. The van der Waals surface area contributed by atoms with Crippen LogP contribution in [0.4, 0.5) is 0 Å². The van der Waals surface area contributed by atoms with Crippen LogP contribution < -0.4 is 0 Å². The summed E-state index contributed by atoms with van der Waals surface area (Å²) in [6.45, 7) is 4.08. The van der Waals surface area contributed by atoms with E-state index in [-0.39, 0.29) is 5.92 Å². The van der Waals surface area contributed by atoms with E-state index in [0.29, 0.717) is 6.42 Å². The normalized spacial score (nSPS) is 13.2. The lowest BCUT2D eigenvalue weighted by atomic mass is 10.1. The molecule has 2 rings (SSSR count). The number of furan rings is 1. The lowest BCUT2D eigenvalue weighted by Gasteiger charge is -2.09. The molecule has 86 valence electrons. The van der Waals surface area contributed by atoms with Gasteiger partial charge in [-0.2, -0.15) is 0 Å². The van der Waals surface area contributed by atoms with E-state index in [0.717, 1.165) is 16.3 Å². The van der Waals surface area contributed by atoms with Gasteiger partial charge in [-0.3, -0.25) is 0 Å². The van der Waals surface area contributed by atoms with Crippen molar-refractivity contribution >= 4 is 11.5 Å². The van der Waals surface area contributed by atoms with E-state index >= 15 is 0 Å². The molecule has 5 heteroatoms. The van der Waals surface area contributed by atoms with Crippen molar-refractivity contribution in [2.24, 2.45) is 0 Å². The molecule has 0 saturated heterocycles. The van der Waals surface area contributed by atoms with Gasteiger partial charge in [0.05, 0.1) is 22.9 Å². The molecule has 2 aromatic rings. The number of aliphatic hydroxyl groups is 1. The number of hydrogen-bond donors (Lipinski definition) is 1. The Balaban J connectivity index is 2.14. The van der Waals surface area contributed by atoms with Crippen molar-refractivity contribution in [3.05, 3.63) is 34.7 Å². The molecule has 0 aliphatic carbocycles. The average molecular weight is 238 g/mol. The first-order valence-electron chi connectivity index (χ1n) is 5.21. The molecule has 0 aliphatic heterocycles. The Morgan fingerprint density at radius 1 is 1.50 bits per heavy atom. The van der Waals surface area contributed by atoms with Crippen molar-refractivity contribution in [2.45, 2.75) is 32.3 Å². The molecule has 1 atom stereocenters. The Morgan fingerprint density at radius 2 is 2.31 bits per heavy atom. The molecule has 0 aliphatic rings. The molecule has 2 aromatic heterocycles. The van der Waals surface area contributed by atoms with Crippen LogP contribution in [0.2, 0.25) is 0 Å². The van der Waals surface area contributed by atoms with Gasteiger partial charge in [-0.05, 0) is 29.6 Å². The van der Waals surface area contributed by atoms with Crippen LogP contribution in [0.15, 0.2) is 22.8 Å². The molecule has 0 fully saturated rings. The largest absolute Gasteiger partial charge is 0.469 e. The van der Waals surface area contributed by atoms with E-state index in [9.17, 15) is 5.11 Å². The van der Waals surface area contributed by atoms with Gasteiger partial charge in [0, 0.05) is 6.42 Å². The van der Waals surface area contributed by atoms with Gasteiger partial charge in [0.15, 0.2) is 0 Å². The Labute approximate surface area is 98.1 Å². The first-order chi connectivity index (χ1) is 7.68. The monoisotopic (exact) mass is 238 g/mol. The van der Waals surface area contributed by atoms with Gasteiger partial charge in [-0.1, -0.05) is 18.3 Å². The first-order valence-corrected chi connectivity index (χ1v) is 5.98. The van der Waals surface area contributed by atoms with Crippen LogP contribution in [0.5, 0.6) is 0 Å². The maximum absolute atomic E-state index is 10.1. The molecule has 4 nitrogen and oxygen atoms in total. The van der Waals surface area contributed by atoms with E-state index in [2.05, 4.69) is 9.59 Å². The molecule has 0 saturated carbocycles. The second kappa shape index (κ2) is 4.76. The quantitative estimate of drug-likeness (QED) is 0.889. The fourth-order valence-electron chi connectivity index (χ4n) is 1.55. The zero-order chi connectivity index (χ0) is 11.5. The number of nitrogens with zero attached hydrogens (tertiary/aromatic N) is 2. The molecule has 0 bridgehead atoms. The summed E-state index contributed by atoms with van der Waals surface area (Å²) in [6, 6.07) is 3.67. The Bertz CT molecular complexity index is 437. The maximum Gasteiger partial charge on any atom is 0.106 e. The molecular formula is C11H14N2O2S. The SMILES string of the molecule is CC(C)c1nnsc1C(O)Cc1ccco1. The Morgan fingerprint density at radius 3 is 2.94 bits per heavy atom. The Hall–Kier alpha value is -1.20. The third kappa shape index (κ3) is 2.31. The van der Waals surface area contributed by atoms with Crippen LogP contribution in [0.25, 0.3) is 0 Å². The van der Waals surface area contributed by atoms with E-state index in [1.807, 2.05) is 26.0 Å². The highest BCUT2D eigenvalue weighted by Crippen LogP contribution is 2.28. The zero-order valence-electron chi connectivity index (χ0n) is 9.25. The van der Waals surface area contributed by atoms with Gasteiger partial charge in [-0.15, -0.1) is 5.10 Å². The highest BCUT2D eigenvalue weighted by molar-refractivity contribution is 7.05. The molecule has 16 heavy (non-hydrogen) atoms. The van der Waals surface area contributed by atoms with Crippen molar-refractivity contribution in [3.63, 3.8) is 0 Å². The number of aliphatic hydroxyl groups excluding tert-OH is 1. The number of rotatable bonds is 4. The second-order valence-electron chi connectivity index (χ2n) is 3.98. The first kappa shape index (κ1) is 11.3. The minimum atomic E-state index is -0.580. The second-order valence-corrected chi connectivity index (χ2v) is 4.76. The van der Waals surface area contributed by atoms with Crippen molar-refractivity contribution in [1.29, 1.82) is 0 Å². The van der Waals surface area contributed by atoms with Gasteiger partial charge in [-0.25, -0.2) is 0 Å². The molecule has 0 aromatic carbocycles. The van der Waals surface area contributed by atoms with Crippen LogP contribution in [-0.2, 0) is 6.42 Å². The smallest absolute Gasteiger partial charge is 0.106 e. The van der Waals surface area contributed by atoms with Crippen molar-refractivity contribution < 1.29 is 9.52 Å². The van der Waals surface area contributed by atoms with Gasteiger partial charge in [0.25, 0.3) is 0 Å².